The second-order valence-corrected chi connectivity index (χ2v) is 18.7. The highest BCUT2D eigenvalue weighted by molar-refractivity contribution is 7.47. The number of amides is 1. The second-order valence-electron chi connectivity index (χ2n) is 17.2. The zero-order chi connectivity index (χ0) is 42.6. The van der Waals surface area contributed by atoms with E-state index in [-0.39, 0.29) is 26.2 Å². The van der Waals surface area contributed by atoms with Crippen molar-refractivity contribution in [1.29, 1.82) is 0 Å². The minimum Gasteiger partial charge on any atom is -0.393 e. The van der Waals surface area contributed by atoms with E-state index in [1.807, 2.05) is 0 Å². The number of aliphatic hydroxyl groups is 2. The lowest BCUT2D eigenvalue weighted by Gasteiger charge is -2.25. The summed E-state index contributed by atoms with van der Waals surface area (Å²) in [6.07, 6.45) is 46.8. The van der Waals surface area contributed by atoms with Crippen molar-refractivity contribution in [1.82, 2.24) is 5.32 Å². The van der Waals surface area contributed by atoms with Gasteiger partial charge in [0.2, 0.25) is 5.91 Å². The Hall–Kier alpha value is -0.800. The van der Waals surface area contributed by atoms with Gasteiger partial charge in [-0.3, -0.25) is 13.8 Å². The Morgan fingerprint density at radius 3 is 1.33 bits per heavy atom. The highest BCUT2D eigenvalue weighted by Gasteiger charge is 2.28. The molecule has 346 valence electrons. The van der Waals surface area contributed by atoms with Gasteiger partial charge in [-0.05, 0) is 38.5 Å². The number of hydrogen-bond donors (Lipinski definition) is 5. The maximum absolute atomic E-state index is 12.9. The van der Waals surface area contributed by atoms with Crippen molar-refractivity contribution in [3.63, 3.8) is 0 Å². The summed E-state index contributed by atoms with van der Waals surface area (Å²) in [5, 5.41) is 24.3. The van der Waals surface area contributed by atoms with Gasteiger partial charge in [0, 0.05) is 6.54 Å². The first-order valence-electron chi connectivity index (χ1n) is 24.9. The monoisotopic (exact) mass is 845 g/mol. The standard InChI is InChI=1S/C48H97N2O7P/c1-3-5-7-9-11-13-15-17-19-21-22-24-26-28-30-32-34-36-38-40-47(52)46(44-57-58(54,55)56-42-41-49)50-48(53)43-45(51)39-37-35-33-31-29-27-25-23-20-18-16-14-12-10-8-6-4-2/h23,25,45-47,51-52H,3-22,24,26-44,49H2,1-2H3,(H,50,53)(H,54,55)/b25-23-. The van der Waals surface area contributed by atoms with E-state index in [1.165, 1.54) is 173 Å². The molecule has 6 N–H and O–H groups in total. The molecule has 1 amide bonds. The van der Waals surface area contributed by atoms with Crippen molar-refractivity contribution >= 4 is 13.7 Å². The van der Waals surface area contributed by atoms with E-state index in [2.05, 4.69) is 31.3 Å². The zero-order valence-electron chi connectivity index (χ0n) is 38.2. The number of allylic oxidation sites excluding steroid dienone is 2. The van der Waals surface area contributed by atoms with Crippen LogP contribution in [-0.4, -0.2) is 59.0 Å². The van der Waals surface area contributed by atoms with Crippen LogP contribution in [0.4, 0.5) is 0 Å². The summed E-state index contributed by atoms with van der Waals surface area (Å²) in [6.45, 7) is 4.08. The number of rotatable bonds is 47. The predicted octanol–water partition coefficient (Wildman–Crippen LogP) is 13.3. The van der Waals surface area contributed by atoms with E-state index in [0.29, 0.717) is 12.8 Å². The number of carbonyl (C=O) groups excluding carboxylic acids is 1. The van der Waals surface area contributed by atoms with Crippen LogP contribution >= 0.6 is 7.82 Å². The Morgan fingerprint density at radius 1 is 0.569 bits per heavy atom. The molecule has 10 heteroatoms. The molecule has 58 heavy (non-hydrogen) atoms. The van der Waals surface area contributed by atoms with Gasteiger partial charge in [0.15, 0.2) is 0 Å². The van der Waals surface area contributed by atoms with Crippen LogP contribution in [0.3, 0.4) is 0 Å². The molecule has 4 atom stereocenters. The molecule has 0 spiro atoms. The lowest BCUT2D eigenvalue weighted by Crippen LogP contribution is -2.47. The molecule has 0 aromatic carbocycles. The fraction of sp³-hybridized carbons (Fsp3) is 0.938. The molecule has 4 unspecified atom stereocenters. The molecule has 0 aliphatic heterocycles. The fourth-order valence-electron chi connectivity index (χ4n) is 7.65. The Kier molecular flexibility index (Phi) is 43.7. The fourth-order valence-corrected chi connectivity index (χ4v) is 8.41. The number of nitrogens with two attached hydrogens (primary N) is 1. The molecule has 0 saturated heterocycles. The van der Waals surface area contributed by atoms with Crippen LogP contribution < -0.4 is 11.1 Å². The SMILES string of the molecule is CCCCCCCCCC/C=C\CCCCCCCC(O)CC(=O)NC(COP(=O)(O)OCCN)C(O)CCCCCCCCCCCCCCCCCCCCC. The minimum atomic E-state index is -4.38. The number of carbonyl (C=O) groups is 1. The van der Waals surface area contributed by atoms with Gasteiger partial charge in [-0.25, -0.2) is 4.57 Å². The van der Waals surface area contributed by atoms with E-state index in [4.69, 9.17) is 14.8 Å². The first-order valence-corrected chi connectivity index (χ1v) is 26.4. The summed E-state index contributed by atoms with van der Waals surface area (Å²) in [6, 6.07) is -0.897. The molecule has 0 heterocycles. The smallest absolute Gasteiger partial charge is 0.393 e. The van der Waals surface area contributed by atoms with Crippen molar-refractivity contribution in [2.45, 2.75) is 270 Å². The summed E-state index contributed by atoms with van der Waals surface area (Å²) >= 11 is 0. The third kappa shape index (κ3) is 41.9. The van der Waals surface area contributed by atoms with Gasteiger partial charge < -0.3 is 26.2 Å². The zero-order valence-corrected chi connectivity index (χ0v) is 39.1. The molecule has 0 aliphatic rings. The second kappa shape index (κ2) is 44.3. The van der Waals surface area contributed by atoms with E-state index in [1.54, 1.807) is 0 Å². The number of phosphoric acid groups is 1. The van der Waals surface area contributed by atoms with Crippen LogP contribution in [0.15, 0.2) is 12.2 Å². The highest BCUT2D eigenvalue weighted by atomic mass is 31.2. The minimum absolute atomic E-state index is 0.0603. The Bertz CT molecular complexity index is 940. The van der Waals surface area contributed by atoms with Crippen LogP contribution in [0.5, 0.6) is 0 Å². The van der Waals surface area contributed by atoms with Crippen LogP contribution in [0.2, 0.25) is 0 Å². The molecule has 0 fully saturated rings. The lowest BCUT2D eigenvalue weighted by molar-refractivity contribution is -0.125. The number of phosphoric ester groups is 1. The average Bonchev–Trinajstić information content (AvgIpc) is 3.20. The Labute approximate surface area is 358 Å². The molecule has 0 rings (SSSR count). The first kappa shape index (κ1) is 57.2. The van der Waals surface area contributed by atoms with Crippen LogP contribution in [0.25, 0.3) is 0 Å². The van der Waals surface area contributed by atoms with Crippen molar-refractivity contribution < 1.29 is 33.5 Å². The van der Waals surface area contributed by atoms with E-state index >= 15 is 0 Å². The van der Waals surface area contributed by atoms with Crippen LogP contribution in [-0.2, 0) is 18.4 Å². The first-order chi connectivity index (χ1) is 28.3. The summed E-state index contributed by atoms with van der Waals surface area (Å²) in [5.41, 5.74) is 5.38. The third-order valence-corrected chi connectivity index (χ3v) is 12.4. The summed E-state index contributed by atoms with van der Waals surface area (Å²) in [7, 11) is -4.38. The van der Waals surface area contributed by atoms with Crippen molar-refractivity contribution in [2.75, 3.05) is 19.8 Å². The topological polar surface area (TPSA) is 151 Å². The summed E-state index contributed by atoms with van der Waals surface area (Å²) in [5.74, 6) is -0.414. The maximum Gasteiger partial charge on any atom is 0.472 e. The van der Waals surface area contributed by atoms with Crippen molar-refractivity contribution in [3.8, 4) is 0 Å². The normalized spacial score (nSPS) is 14.5. The van der Waals surface area contributed by atoms with Crippen LogP contribution in [0.1, 0.15) is 251 Å². The predicted molar refractivity (Wildman–Crippen MR) is 246 cm³/mol. The number of unbranched alkanes of at least 4 members (excludes halogenated alkanes) is 31. The van der Waals surface area contributed by atoms with Gasteiger partial charge in [0.25, 0.3) is 0 Å². The molecule has 0 aromatic rings. The van der Waals surface area contributed by atoms with Gasteiger partial charge >= 0.3 is 7.82 Å². The van der Waals surface area contributed by atoms with Crippen molar-refractivity contribution in [2.24, 2.45) is 5.73 Å². The molecule has 0 aliphatic carbocycles. The molecular formula is C48H97N2O7P. The van der Waals surface area contributed by atoms with Gasteiger partial charge in [-0.1, -0.05) is 219 Å². The Morgan fingerprint density at radius 2 is 0.931 bits per heavy atom. The molecule has 0 radical (unpaired) electrons. The van der Waals surface area contributed by atoms with E-state index in [0.717, 1.165) is 44.9 Å². The van der Waals surface area contributed by atoms with E-state index in [9.17, 15) is 24.5 Å². The lowest BCUT2D eigenvalue weighted by atomic mass is 10.0. The third-order valence-electron chi connectivity index (χ3n) is 11.4. The summed E-state index contributed by atoms with van der Waals surface area (Å²) in [4.78, 5) is 22.9. The van der Waals surface area contributed by atoms with E-state index < -0.39 is 32.0 Å². The summed E-state index contributed by atoms with van der Waals surface area (Å²) < 4.78 is 22.2. The Balaban J connectivity index is 4.17. The van der Waals surface area contributed by atoms with Crippen molar-refractivity contribution in [3.05, 3.63) is 12.2 Å². The number of nitrogens with one attached hydrogen (secondary N) is 1. The maximum atomic E-state index is 12.9. The quantitative estimate of drug-likeness (QED) is 0.0231. The van der Waals surface area contributed by atoms with Gasteiger partial charge in [0.1, 0.15) is 0 Å². The van der Waals surface area contributed by atoms with Crippen LogP contribution in [0, 0.1) is 0 Å². The molecule has 0 aromatic heterocycles. The molecule has 9 nitrogen and oxygen atoms in total. The van der Waals surface area contributed by atoms with Gasteiger partial charge in [-0.2, -0.15) is 0 Å². The molecule has 0 saturated carbocycles. The number of hydrogen-bond acceptors (Lipinski definition) is 7. The largest absolute Gasteiger partial charge is 0.472 e. The molecule has 0 bridgehead atoms. The highest BCUT2D eigenvalue weighted by Crippen LogP contribution is 2.43. The average molecular weight is 845 g/mol. The van der Waals surface area contributed by atoms with Gasteiger partial charge in [-0.15, -0.1) is 0 Å². The molecular weight excluding hydrogens is 748 g/mol. The number of aliphatic hydroxyl groups excluding tert-OH is 2. The van der Waals surface area contributed by atoms with Gasteiger partial charge in [0.05, 0.1) is 37.9 Å².